The highest BCUT2D eigenvalue weighted by atomic mass is 16.2. The van der Waals surface area contributed by atoms with Gasteiger partial charge in [0, 0.05) is 24.0 Å². The molecule has 0 radical (unpaired) electrons. The van der Waals surface area contributed by atoms with Crippen LogP contribution in [-0.2, 0) is 0 Å². The van der Waals surface area contributed by atoms with E-state index in [0.29, 0.717) is 17.1 Å². The fourth-order valence-electron chi connectivity index (χ4n) is 1.94. The van der Waals surface area contributed by atoms with E-state index in [-0.39, 0.29) is 18.6 Å². The van der Waals surface area contributed by atoms with Crippen molar-refractivity contribution in [1.29, 1.82) is 0 Å². The minimum absolute atomic E-state index is 0.202. The Morgan fingerprint density at radius 2 is 2.29 bits per heavy atom. The van der Waals surface area contributed by atoms with Gasteiger partial charge in [-0.1, -0.05) is 11.8 Å². The lowest BCUT2D eigenvalue weighted by Crippen LogP contribution is -2.18. The number of aliphatic hydroxyl groups is 1. The highest BCUT2D eigenvalue weighted by Gasteiger charge is 2.13. The molecule has 0 unspecified atom stereocenters. The van der Waals surface area contributed by atoms with Gasteiger partial charge in [0.25, 0.3) is 5.91 Å². The van der Waals surface area contributed by atoms with E-state index in [0.717, 1.165) is 0 Å². The molecule has 0 aliphatic rings. The third-order valence-electron chi connectivity index (χ3n) is 2.88. The summed E-state index contributed by atoms with van der Waals surface area (Å²) < 4.78 is 1.89. The first-order chi connectivity index (χ1) is 10.1. The van der Waals surface area contributed by atoms with E-state index in [4.69, 9.17) is 5.11 Å². The van der Waals surface area contributed by atoms with Crippen LogP contribution in [0.5, 0.6) is 0 Å². The first-order valence-corrected chi connectivity index (χ1v) is 6.66. The third-order valence-corrected chi connectivity index (χ3v) is 2.88. The number of aliphatic hydroxyl groups excluding tert-OH is 1. The van der Waals surface area contributed by atoms with Crippen molar-refractivity contribution in [3.05, 3.63) is 47.9 Å². The number of hydrogen-bond donors (Lipinski definition) is 2. The van der Waals surface area contributed by atoms with E-state index < -0.39 is 0 Å². The van der Waals surface area contributed by atoms with Gasteiger partial charge < -0.3 is 15.0 Å². The van der Waals surface area contributed by atoms with Crippen LogP contribution in [0.3, 0.4) is 0 Å². The van der Waals surface area contributed by atoms with E-state index in [2.05, 4.69) is 22.1 Å². The van der Waals surface area contributed by atoms with Gasteiger partial charge >= 0.3 is 0 Å². The predicted molar refractivity (Wildman–Crippen MR) is 81.0 cm³/mol. The highest BCUT2D eigenvalue weighted by molar-refractivity contribution is 6.02. The van der Waals surface area contributed by atoms with Crippen LogP contribution in [0.2, 0.25) is 0 Å². The van der Waals surface area contributed by atoms with Crippen molar-refractivity contribution in [2.45, 2.75) is 19.9 Å². The van der Waals surface area contributed by atoms with Gasteiger partial charge in [0.2, 0.25) is 0 Å². The Hall–Kier alpha value is -2.58. The maximum atomic E-state index is 12.3. The lowest BCUT2D eigenvalue weighted by molar-refractivity contribution is 0.101. The highest BCUT2D eigenvalue weighted by Crippen LogP contribution is 2.13. The van der Waals surface area contributed by atoms with Crippen LogP contribution in [0, 0.1) is 11.8 Å². The molecule has 2 heterocycles. The van der Waals surface area contributed by atoms with E-state index in [9.17, 15) is 4.79 Å². The summed E-state index contributed by atoms with van der Waals surface area (Å²) in [7, 11) is 0. The normalized spacial score (nSPS) is 10.1. The Morgan fingerprint density at radius 1 is 1.48 bits per heavy atom. The molecule has 0 bridgehead atoms. The van der Waals surface area contributed by atoms with Crippen molar-refractivity contribution in [3.63, 3.8) is 0 Å². The number of anilines is 1. The molecule has 0 spiro atoms. The summed E-state index contributed by atoms with van der Waals surface area (Å²) >= 11 is 0. The van der Waals surface area contributed by atoms with E-state index >= 15 is 0 Å². The van der Waals surface area contributed by atoms with Crippen LogP contribution in [0.1, 0.15) is 35.9 Å². The zero-order chi connectivity index (χ0) is 15.2. The minimum Gasteiger partial charge on any atom is -0.384 e. The zero-order valence-electron chi connectivity index (χ0n) is 12.0. The SMILES string of the molecule is CC(C)n1cccc1C(=O)Nc1cc(C#CCO)ccn1. The van der Waals surface area contributed by atoms with Crippen molar-refractivity contribution in [2.24, 2.45) is 0 Å². The molecule has 2 N–H and O–H groups in total. The molecule has 2 aromatic rings. The molecule has 108 valence electrons. The Morgan fingerprint density at radius 3 is 3.00 bits per heavy atom. The molecule has 5 heteroatoms. The van der Waals surface area contributed by atoms with Crippen LogP contribution in [0.15, 0.2) is 36.7 Å². The van der Waals surface area contributed by atoms with E-state index in [1.54, 1.807) is 24.4 Å². The molecule has 1 amide bonds. The number of pyridine rings is 1. The van der Waals surface area contributed by atoms with Gasteiger partial charge in [-0.05, 0) is 38.1 Å². The summed E-state index contributed by atoms with van der Waals surface area (Å²) in [6.07, 6.45) is 3.44. The second kappa shape index (κ2) is 6.73. The monoisotopic (exact) mass is 283 g/mol. The number of rotatable bonds is 3. The number of amides is 1. The van der Waals surface area contributed by atoms with E-state index in [1.165, 1.54) is 0 Å². The summed E-state index contributed by atoms with van der Waals surface area (Å²) in [6, 6.07) is 7.20. The van der Waals surface area contributed by atoms with Gasteiger partial charge in [-0.15, -0.1) is 0 Å². The maximum absolute atomic E-state index is 12.3. The molecule has 2 rings (SSSR count). The number of carbonyl (C=O) groups excluding carboxylic acids is 1. The molecule has 21 heavy (non-hydrogen) atoms. The minimum atomic E-state index is -0.214. The second-order valence-corrected chi connectivity index (χ2v) is 4.74. The summed E-state index contributed by atoms with van der Waals surface area (Å²) in [5.41, 5.74) is 1.27. The molecular weight excluding hydrogens is 266 g/mol. The Labute approximate surface area is 123 Å². The van der Waals surface area contributed by atoms with Crippen molar-refractivity contribution in [2.75, 3.05) is 11.9 Å². The fourth-order valence-corrected chi connectivity index (χ4v) is 1.94. The smallest absolute Gasteiger partial charge is 0.273 e. The third kappa shape index (κ3) is 3.71. The Bertz CT molecular complexity index is 693. The summed E-state index contributed by atoms with van der Waals surface area (Å²) in [6.45, 7) is 3.83. The lowest BCUT2D eigenvalue weighted by Gasteiger charge is -2.12. The van der Waals surface area contributed by atoms with Crippen molar-refractivity contribution in [3.8, 4) is 11.8 Å². The van der Waals surface area contributed by atoms with Crippen LogP contribution >= 0.6 is 0 Å². The van der Waals surface area contributed by atoms with Crippen LogP contribution in [-0.4, -0.2) is 27.2 Å². The molecule has 2 aromatic heterocycles. The average Bonchev–Trinajstić information content (AvgIpc) is 2.95. The molecule has 0 saturated carbocycles. The number of nitrogens with one attached hydrogen (secondary N) is 1. The van der Waals surface area contributed by atoms with Gasteiger partial charge in [-0.2, -0.15) is 0 Å². The summed E-state index contributed by atoms with van der Waals surface area (Å²) in [4.78, 5) is 16.4. The number of carbonyl (C=O) groups is 1. The van der Waals surface area contributed by atoms with Gasteiger partial charge in [-0.25, -0.2) is 4.98 Å². The standard InChI is InChI=1S/C16H17N3O2/c1-12(2)19-9-3-6-14(19)16(21)18-15-11-13(5-4-10-20)7-8-17-15/h3,6-9,11-12,20H,10H2,1-2H3,(H,17,18,21). The van der Waals surface area contributed by atoms with Crippen LogP contribution in [0.4, 0.5) is 5.82 Å². The average molecular weight is 283 g/mol. The lowest BCUT2D eigenvalue weighted by atomic mass is 10.2. The predicted octanol–water partition coefficient (Wildman–Crippen LogP) is 2.06. The summed E-state index contributed by atoms with van der Waals surface area (Å²) in [5.74, 6) is 5.55. The molecule has 0 aromatic carbocycles. The van der Waals surface area contributed by atoms with Gasteiger partial charge in [-0.3, -0.25) is 4.79 Å². The quantitative estimate of drug-likeness (QED) is 0.847. The first-order valence-electron chi connectivity index (χ1n) is 6.66. The van der Waals surface area contributed by atoms with Crippen LogP contribution in [0.25, 0.3) is 0 Å². The van der Waals surface area contributed by atoms with Crippen molar-refractivity contribution >= 4 is 11.7 Å². The molecule has 0 atom stereocenters. The number of nitrogens with zero attached hydrogens (tertiary/aromatic N) is 2. The van der Waals surface area contributed by atoms with Gasteiger partial charge in [0.1, 0.15) is 18.1 Å². The molecule has 0 aliphatic carbocycles. The van der Waals surface area contributed by atoms with E-state index in [1.807, 2.05) is 30.7 Å². The van der Waals surface area contributed by atoms with Gasteiger partial charge in [0.15, 0.2) is 0 Å². The molecule has 0 aliphatic heterocycles. The molecule has 0 fully saturated rings. The first kappa shape index (κ1) is 14.8. The maximum Gasteiger partial charge on any atom is 0.273 e. The fraction of sp³-hybridized carbons (Fsp3) is 0.250. The van der Waals surface area contributed by atoms with Crippen LogP contribution < -0.4 is 5.32 Å². The number of aromatic nitrogens is 2. The van der Waals surface area contributed by atoms with Crippen molar-refractivity contribution < 1.29 is 9.90 Å². The Kier molecular flexibility index (Phi) is 4.75. The Balaban J connectivity index is 2.18. The number of hydrogen-bond acceptors (Lipinski definition) is 3. The van der Waals surface area contributed by atoms with Gasteiger partial charge in [0.05, 0.1) is 0 Å². The summed E-state index contributed by atoms with van der Waals surface area (Å²) in [5, 5.41) is 11.4. The molecular formula is C16H17N3O2. The second-order valence-electron chi connectivity index (χ2n) is 4.74. The zero-order valence-corrected chi connectivity index (χ0v) is 12.0. The van der Waals surface area contributed by atoms with Crippen molar-refractivity contribution in [1.82, 2.24) is 9.55 Å². The molecule has 5 nitrogen and oxygen atoms in total. The largest absolute Gasteiger partial charge is 0.384 e. The molecule has 0 saturated heterocycles. The topological polar surface area (TPSA) is 67.2 Å².